The van der Waals surface area contributed by atoms with E-state index in [2.05, 4.69) is 27.0 Å². The molecule has 1 aliphatic heterocycles. The van der Waals surface area contributed by atoms with Crippen molar-refractivity contribution >= 4 is 34.4 Å². The summed E-state index contributed by atoms with van der Waals surface area (Å²) < 4.78 is 5.37. The third kappa shape index (κ3) is 5.21. The van der Waals surface area contributed by atoms with E-state index in [0.29, 0.717) is 36.0 Å². The van der Waals surface area contributed by atoms with E-state index in [4.69, 9.17) is 4.74 Å². The van der Waals surface area contributed by atoms with Crippen LogP contribution in [0.4, 0.5) is 10.5 Å². The molecule has 4 N–H and O–H groups in total. The lowest BCUT2D eigenvalue weighted by Crippen LogP contribution is -2.54. The Morgan fingerprint density at radius 1 is 1.19 bits per heavy atom. The number of carbonyl (C=O) groups excluding carboxylic acids is 3. The number of anilines is 1. The number of aromatic amines is 1. The van der Waals surface area contributed by atoms with E-state index in [1.807, 2.05) is 42.5 Å². The molecule has 1 fully saturated rings. The van der Waals surface area contributed by atoms with Crippen LogP contribution in [-0.4, -0.2) is 48.6 Å². The molecule has 4 amide bonds. The first kappa shape index (κ1) is 24.2. The van der Waals surface area contributed by atoms with Crippen molar-refractivity contribution in [2.75, 3.05) is 18.6 Å². The average molecular weight is 501 g/mol. The van der Waals surface area contributed by atoms with Gasteiger partial charge in [-0.3, -0.25) is 14.5 Å². The number of fused-ring (bicyclic) bond motifs is 2. The van der Waals surface area contributed by atoms with Gasteiger partial charge in [0.1, 0.15) is 23.5 Å². The second-order valence-corrected chi connectivity index (χ2v) is 9.40. The van der Waals surface area contributed by atoms with E-state index >= 15 is 0 Å². The van der Waals surface area contributed by atoms with Crippen molar-refractivity contribution in [1.82, 2.24) is 20.9 Å². The number of H-pyrrole nitrogens is 1. The molecule has 2 aromatic carbocycles. The van der Waals surface area contributed by atoms with Crippen LogP contribution >= 0.6 is 0 Å². The van der Waals surface area contributed by atoms with Crippen LogP contribution in [0, 0.1) is 17.2 Å². The van der Waals surface area contributed by atoms with Gasteiger partial charge < -0.3 is 25.7 Å². The maximum atomic E-state index is 13.3. The molecule has 10 nitrogen and oxygen atoms in total. The normalized spacial score (nSPS) is 16.2. The molecule has 5 rings (SSSR count). The fourth-order valence-electron chi connectivity index (χ4n) is 4.64. The number of amides is 4. The molecule has 2 atom stereocenters. The number of rotatable bonds is 9. The van der Waals surface area contributed by atoms with Gasteiger partial charge in [-0.2, -0.15) is 5.26 Å². The Labute approximate surface area is 214 Å². The number of hydrogen-bond acceptors (Lipinski definition) is 5. The molecule has 0 spiro atoms. The van der Waals surface area contributed by atoms with Crippen LogP contribution in [0.5, 0.6) is 5.75 Å². The van der Waals surface area contributed by atoms with Crippen molar-refractivity contribution < 1.29 is 19.1 Å². The molecule has 10 heteroatoms. The molecule has 1 aromatic heterocycles. The molecule has 2 heterocycles. The monoisotopic (exact) mass is 500 g/mol. The van der Waals surface area contributed by atoms with E-state index in [9.17, 15) is 19.6 Å². The smallest absolute Gasteiger partial charge is 0.322 e. The van der Waals surface area contributed by atoms with Crippen LogP contribution < -0.4 is 25.6 Å². The second-order valence-electron chi connectivity index (χ2n) is 9.40. The Bertz CT molecular complexity index is 1390. The Morgan fingerprint density at radius 3 is 2.76 bits per heavy atom. The van der Waals surface area contributed by atoms with Gasteiger partial charge in [0.25, 0.3) is 5.91 Å². The van der Waals surface area contributed by atoms with Gasteiger partial charge >= 0.3 is 6.03 Å². The largest absolute Gasteiger partial charge is 0.496 e. The number of methoxy groups -OCH3 is 1. The number of nitrogens with one attached hydrogen (secondary N) is 4. The molecule has 2 aliphatic rings. The number of nitrogens with zero attached hydrogens (tertiary/aromatic N) is 2. The van der Waals surface area contributed by atoms with Crippen molar-refractivity contribution in [2.45, 2.75) is 37.9 Å². The van der Waals surface area contributed by atoms with Crippen molar-refractivity contribution in [2.24, 2.45) is 5.92 Å². The Balaban J connectivity index is 1.29. The van der Waals surface area contributed by atoms with Gasteiger partial charge in [0, 0.05) is 17.4 Å². The molecule has 37 heavy (non-hydrogen) atoms. The summed E-state index contributed by atoms with van der Waals surface area (Å²) in [4.78, 5) is 43.4. The van der Waals surface area contributed by atoms with Crippen LogP contribution in [0.15, 0.2) is 48.5 Å². The molecule has 1 saturated carbocycles. The van der Waals surface area contributed by atoms with E-state index in [1.54, 1.807) is 13.2 Å². The van der Waals surface area contributed by atoms with E-state index in [1.165, 1.54) is 4.90 Å². The molecule has 2 unspecified atom stereocenters. The lowest BCUT2D eigenvalue weighted by atomic mass is 10.1. The minimum atomic E-state index is -0.958. The highest BCUT2D eigenvalue weighted by atomic mass is 16.5. The number of aromatic nitrogens is 1. The Hall–Kier alpha value is -4.52. The Morgan fingerprint density at radius 2 is 2.00 bits per heavy atom. The molecule has 190 valence electrons. The topological polar surface area (TPSA) is 139 Å². The summed E-state index contributed by atoms with van der Waals surface area (Å²) in [5, 5.41) is 18.9. The number of urea groups is 1. The molecule has 3 aromatic rings. The predicted molar refractivity (Wildman–Crippen MR) is 137 cm³/mol. The minimum Gasteiger partial charge on any atom is -0.496 e. The van der Waals surface area contributed by atoms with Crippen LogP contribution in [0.1, 0.15) is 35.3 Å². The van der Waals surface area contributed by atoms with Gasteiger partial charge in [-0.05, 0) is 42.2 Å². The predicted octanol–water partition coefficient (Wildman–Crippen LogP) is 2.81. The number of para-hydroxylation sites is 1. The van der Waals surface area contributed by atoms with Crippen LogP contribution in [0.2, 0.25) is 0 Å². The van der Waals surface area contributed by atoms with Gasteiger partial charge in [-0.15, -0.1) is 0 Å². The second kappa shape index (κ2) is 10.2. The first-order valence-corrected chi connectivity index (χ1v) is 12.3. The number of ether oxygens (including phenoxy) is 1. The third-order valence-corrected chi connectivity index (χ3v) is 6.77. The number of nitriles is 1. The first-order valence-electron chi connectivity index (χ1n) is 12.3. The van der Waals surface area contributed by atoms with E-state index in [0.717, 1.165) is 29.3 Å². The standard InChI is InChI=1S/C27H28N6O4/c1-37-24-8-4-6-20-19(24)12-22(31-20)26(35)32-21(11-16-9-10-16)25(34)30-18(13-28)15-33-23-7-3-2-5-17(23)14-29-27(33)36/h2-8,12,16,18,21,31H,9-11,14-15H2,1H3,(H,29,36)(H,30,34)(H,32,35). The molecular weight excluding hydrogens is 472 g/mol. The molecule has 0 radical (unpaired) electrons. The number of benzene rings is 2. The highest BCUT2D eigenvalue weighted by Crippen LogP contribution is 2.34. The number of carbonyl (C=O) groups is 3. The highest BCUT2D eigenvalue weighted by Gasteiger charge is 2.33. The summed E-state index contributed by atoms with van der Waals surface area (Å²) in [7, 11) is 1.56. The van der Waals surface area contributed by atoms with Crippen LogP contribution in [0.3, 0.4) is 0 Å². The first-order chi connectivity index (χ1) is 18.0. The maximum Gasteiger partial charge on any atom is 0.322 e. The lowest BCUT2D eigenvalue weighted by molar-refractivity contribution is -0.123. The fraction of sp³-hybridized carbons (Fsp3) is 0.333. The summed E-state index contributed by atoms with van der Waals surface area (Å²) in [5.74, 6) is 0.113. The SMILES string of the molecule is COc1cccc2[nH]c(C(=O)NC(CC3CC3)C(=O)NC(C#N)CN3C(=O)NCc4ccccc43)cc12. The third-order valence-electron chi connectivity index (χ3n) is 6.77. The minimum absolute atomic E-state index is 0.0169. The fourth-order valence-corrected chi connectivity index (χ4v) is 4.64. The molecule has 1 aliphatic carbocycles. The summed E-state index contributed by atoms with van der Waals surface area (Å²) >= 11 is 0. The van der Waals surface area contributed by atoms with Crippen molar-refractivity contribution in [3.8, 4) is 11.8 Å². The zero-order valence-corrected chi connectivity index (χ0v) is 20.4. The molecule has 0 saturated heterocycles. The van der Waals surface area contributed by atoms with Gasteiger partial charge in [-0.25, -0.2) is 4.79 Å². The van der Waals surface area contributed by atoms with Gasteiger partial charge in [0.15, 0.2) is 0 Å². The Kier molecular flexibility index (Phi) is 6.68. The zero-order valence-electron chi connectivity index (χ0n) is 20.4. The summed E-state index contributed by atoms with van der Waals surface area (Å²) in [6.45, 7) is 0.390. The highest BCUT2D eigenvalue weighted by molar-refractivity contribution is 6.01. The van der Waals surface area contributed by atoms with Crippen LogP contribution in [0.25, 0.3) is 10.9 Å². The quantitative estimate of drug-likeness (QED) is 0.358. The maximum absolute atomic E-state index is 13.3. The van der Waals surface area contributed by atoms with Crippen molar-refractivity contribution in [3.63, 3.8) is 0 Å². The van der Waals surface area contributed by atoms with Crippen LogP contribution in [-0.2, 0) is 11.3 Å². The van der Waals surface area contributed by atoms with Gasteiger partial charge in [-0.1, -0.05) is 37.1 Å². The summed E-state index contributed by atoms with van der Waals surface area (Å²) in [6, 6.07) is 14.6. The number of hydrogen-bond donors (Lipinski definition) is 4. The van der Waals surface area contributed by atoms with Crippen molar-refractivity contribution in [3.05, 3.63) is 59.8 Å². The molecular formula is C27H28N6O4. The van der Waals surface area contributed by atoms with E-state index < -0.39 is 23.9 Å². The van der Waals surface area contributed by atoms with Gasteiger partial charge in [0.05, 0.1) is 25.4 Å². The summed E-state index contributed by atoms with van der Waals surface area (Å²) in [5.41, 5.74) is 2.70. The average Bonchev–Trinajstić information content (AvgIpc) is 3.62. The van der Waals surface area contributed by atoms with E-state index in [-0.39, 0.29) is 12.6 Å². The lowest BCUT2D eigenvalue weighted by Gasteiger charge is -2.31. The molecule has 0 bridgehead atoms. The van der Waals surface area contributed by atoms with Crippen molar-refractivity contribution in [1.29, 1.82) is 5.26 Å². The summed E-state index contributed by atoms with van der Waals surface area (Å²) in [6.07, 6.45) is 2.47. The zero-order chi connectivity index (χ0) is 25.9. The van der Waals surface area contributed by atoms with Gasteiger partial charge in [0.2, 0.25) is 5.91 Å².